The predicted octanol–water partition coefficient (Wildman–Crippen LogP) is 1.37. The number of carbonyl (C=O) groups excluding carboxylic acids is 1. The monoisotopic (exact) mass is 461 g/mol. The maximum atomic E-state index is 13.0. The number of rotatable bonds is 4. The summed E-state index contributed by atoms with van der Waals surface area (Å²) in [5.41, 5.74) is 1.01. The third-order valence-electron chi connectivity index (χ3n) is 4.50. The molecule has 0 saturated carbocycles. The lowest BCUT2D eigenvalue weighted by Crippen LogP contribution is -2.49. The first-order valence-electron chi connectivity index (χ1n) is 8.41. The molecule has 2 heterocycles. The van der Waals surface area contributed by atoms with E-state index in [1.54, 1.807) is 12.1 Å². The smallest absolute Gasteiger partial charge is 0.224 e. The van der Waals surface area contributed by atoms with Crippen LogP contribution in [0, 0.1) is 5.82 Å². The van der Waals surface area contributed by atoms with Gasteiger partial charge in [0.2, 0.25) is 5.91 Å². The van der Waals surface area contributed by atoms with Crippen LogP contribution in [0.15, 0.2) is 29.3 Å². The van der Waals surface area contributed by atoms with E-state index in [0.717, 1.165) is 37.8 Å². The van der Waals surface area contributed by atoms with Gasteiger partial charge in [-0.25, -0.2) is 4.39 Å². The maximum absolute atomic E-state index is 13.0. The molecule has 6 nitrogen and oxygen atoms in total. The lowest BCUT2D eigenvalue weighted by molar-refractivity contribution is -0.131. The van der Waals surface area contributed by atoms with Crippen LogP contribution in [0.4, 0.5) is 10.1 Å². The third kappa shape index (κ3) is 5.20. The van der Waals surface area contributed by atoms with Crippen LogP contribution < -0.4 is 10.2 Å². The van der Waals surface area contributed by atoms with Crippen LogP contribution in [-0.4, -0.2) is 74.5 Å². The minimum absolute atomic E-state index is 0. The molecule has 1 amide bonds. The number of piperazine rings is 1. The zero-order chi connectivity index (χ0) is 16.9. The van der Waals surface area contributed by atoms with Gasteiger partial charge in [-0.1, -0.05) is 0 Å². The Bertz CT molecular complexity index is 602. The average molecular weight is 461 g/mol. The van der Waals surface area contributed by atoms with Gasteiger partial charge in [-0.2, -0.15) is 0 Å². The van der Waals surface area contributed by atoms with Gasteiger partial charge in [0.05, 0.1) is 6.54 Å². The van der Waals surface area contributed by atoms with Crippen molar-refractivity contribution in [2.24, 2.45) is 4.99 Å². The minimum Gasteiger partial charge on any atom is -0.368 e. The van der Waals surface area contributed by atoms with Crippen LogP contribution in [0.2, 0.25) is 0 Å². The zero-order valence-corrected chi connectivity index (χ0v) is 16.8. The van der Waals surface area contributed by atoms with E-state index in [1.807, 2.05) is 11.9 Å². The van der Waals surface area contributed by atoms with Crippen LogP contribution >= 0.6 is 24.0 Å². The van der Waals surface area contributed by atoms with Gasteiger partial charge in [0.1, 0.15) is 5.82 Å². The second-order valence-corrected chi connectivity index (χ2v) is 6.15. The first kappa shape index (κ1) is 19.7. The maximum Gasteiger partial charge on any atom is 0.224 e. The molecule has 3 rings (SSSR count). The lowest BCUT2D eigenvalue weighted by Gasteiger charge is -2.36. The molecule has 0 spiro atoms. The Morgan fingerprint density at radius 2 is 1.84 bits per heavy atom. The van der Waals surface area contributed by atoms with E-state index in [1.165, 1.54) is 12.1 Å². The molecule has 1 aromatic rings. The number of likely N-dealkylation sites (N-methyl/N-ethyl adjacent to an activating group) is 1. The fraction of sp³-hybridized carbons (Fsp3) is 0.529. The van der Waals surface area contributed by atoms with E-state index >= 15 is 0 Å². The number of guanidine groups is 1. The second kappa shape index (κ2) is 9.21. The van der Waals surface area contributed by atoms with E-state index in [-0.39, 0.29) is 35.7 Å². The van der Waals surface area contributed by atoms with E-state index in [0.29, 0.717) is 26.1 Å². The van der Waals surface area contributed by atoms with Crippen molar-refractivity contribution >= 4 is 41.5 Å². The van der Waals surface area contributed by atoms with Gasteiger partial charge in [0, 0.05) is 58.4 Å². The summed E-state index contributed by atoms with van der Waals surface area (Å²) in [5.74, 6) is 0.823. The van der Waals surface area contributed by atoms with Crippen molar-refractivity contribution in [3.63, 3.8) is 0 Å². The molecule has 1 saturated heterocycles. The normalized spacial score (nSPS) is 17.2. The number of anilines is 1. The van der Waals surface area contributed by atoms with Gasteiger partial charge < -0.3 is 20.0 Å². The molecule has 2 aliphatic rings. The molecule has 0 radical (unpaired) electrons. The lowest BCUT2D eigenvalue weighted by atomic mass is 10.2. The third-order valence-corrected chi connectivity index (χ3v) is 4.50. The number of amides is 1. The molecular formula is C17H25FIN5O. The van der Waals surface area contributed by atoms with E-state index in [9.17, 15) is 9.18 Å². The zero-order valence-electron chi connectivity index (χ0n) is 14.4. The Hall–Kier alpha value is -1.58. The van der Waals surface area contributed by atoms with Crippen molar-refractivity contribution in [3.05, 3.63) is 30.1 Å². The summed E-state index contributed by atoms with van der Waals surface area (Å²) >= 11 is 0. The van der Waals surface area contributed by atoms with Gasteiger partial charge in [-0.05, 0) is 24.3 Å². The SMILES string of the molecule is CN1CCN=C1NCCC(=O)N1CCN(c2ccc(F)cc2)CC1.I. The number of nitrogens with zero attached hydrogens (tertiary/aromatic N) is 4. The molecule has 1 N–H and O–H groups in total. The molecule has 1 aromatic carbocycles. The Morgan fingerprint density at radius 1 is 1.16 bits per heavy atom. The highest BCUT2D eigenvalue weighted by atomic mass is 127. The molecular weight excluding hydrogens is 436 g/mol. The van der Waals surface area contributed by atoms with Gasteiger partial charge in [-0.15, -0.1) is 24.0 Å². The molecule has 0 aliphatic carbocycles. The molecule has 0 atom stereocenters. The fourth-order valence-corrected chi connectivity index (χ4v) is 3.03. The molecule has 8 heteroatoms. The highest BCUT2D eigenvalue weighted by Crippen LogP contribution is 2.17. The van der Waals surface area contributed by atoms with Gasteiger partial charge in [-0.3, -0.25) is 9.79 Å². The molecule has 138 valence electrons. The number of aliphatic imine (C=N–C) groups is 1. The molecule has 0 bridgehead atoms. The standard InChI is InChI=1S/C17H24FN5O.HI/c1-21-9-8-20-17(21)19-7-6-16(24)23-12-10-22(11-13-23)15-4-2-14(18)3-5-15;/h2-5H,6-13H2,1H3,(H,19,20);1H. The number of hydrogen-bond acceptors (Lipinski definition) is 5. The van der Waals surface area contributed by atoms with Gasteiger partial charge in [0.25, 0.3) is 0 Å². The number of nitrogens with one attached hydrogen (secondary N) is 1. The molecule has 25 heavy (non-hydrogen) atoms. The highest BCUT2D eigenvalue weighted by molar-refractivity contribution is 14.0. The number of benzene rings is 1. The summed E-state index contributed by atoms with van der Waals surface area (Å²) < 4.78 is 13.0. The Labute approximate surface area is 165 Å². The summed E-state index contributed by atoms with van der Waals surface area (Å²) in [4.78, 5) is 22.8. The van der Waals surface area contributed by atoms with Crippen molar-refractivity contribution in [2.45, 2.75) is 6.42 Å². The second-order valence-electron chi connectivity index (χ2n) is 6.15. The predicted molar refractivity (Wildman–Crippen MR) is 108 cm³/mol. The van der Waals surface area contributed by atoms with Crippen LogP contribution in [0.1, 0.15) is 6.42 Å². The van der Waals surface area contributed by atoms with Crippen LogP contribution in [0.25, 0.3) is 0 Å². The Morgan fingerprint density at radius 3 is 2.44 bits per heavy atom. The van der Waals surface area contributed by atoms with Crippen molar-refractivity contribution < 1.29 is 9.18 Å². The van der Waals surface area contributed by atoms with E-state index in [2.05, 4.69) is 20.1 Å². The van der Waals surface area contributed by atoms with Crippen molar-refractivity contribution in [2.75, 3.05) is 57.8 Å². The molecule has 2 aliphatic heterocycles. The quantitative estimate of drug-likeness (QED) is 0.689. The van der Waals surface area contributed by atoms with E-state index in [4.69, 9.17) is 0 Å². The van der Waals surface area contributed by atoms with E-state index < -0.39 is 0 Å². The summed E-state index contributed by atoms with van der Waals surface area (Å²) in [6.45, 7) is 5.33. The van der Waals surface area contributed by atoms with Gasteiger partial charge >= 0.3 is 0 Å². The van der Waals surface area contributed by atoms with Crippen molar-refractivity contribution in [3.8, 4) is 0 Å². The topological polar surface area (TPSA) is 51.2 Å². The number of hydrogen-bond donors (Lipinski definition) is 1. The van der Waals surface area contributed by atoms with Crippen molar-refractivity contribution in [1.82, 2.24) is 15.1 Å². The minimum atomic E-state index is -0.224. The first-order valence-corrected chi connectivity index (χ1v) is 8.41. The Balaban J connectivity index is 0.00000225. The average Bonchev–Trinajstić information content (AvgIpc) is 3.01. The van der Waals surface area contributed by atoms with Crippen LogP contribution in [0.3, 0.4) is 0 Å². The largest absolute Gasteiger partial charge is 0.368 e. The van der Waals surface area contributed by atoms with Crippen LogP contribution in [0.5, 0.6) is 0 Å². The summed E-state index contributed by atoms with van der Waals surface area (Å²) in [5, 5.41) is 3.22. The fourth-order valence-electron chi connectivity index (χ4n) is 3.03. The summed E-state index contributed by atoms with van der Waals surface area (Å²) in [7, 11) is 2.00. The molecule has 1 fully saturated rings. The van der Waals surface area contributed by atoms with Gasteiger partial charge in [0.15, 0.2) is 5.96 Å². The van der Waals surface area contributed by atoms with Crippen molar-refractivity contribution in [1.29, 1.82) is 0 Å². The molecule has 0 aromatic heterocycles. The summed E-state index contributed by atoms with van der Waals surface area (Å²) in [6, 6.07) is 6.52. The molecule has 0 unspecified atom stereocenters. The first-order chi connectivity index (χ1) is 11.6. The van der Waals surface area contributed by atoms with Crippen LogP contribution in [-0.2, 0) is 4.79 Å². The number of halogens is 2. The Kier molecular flexibility index (Phi) is 7.27. The summed E-state index contributed by atoms with van der Waals surface area (Å²) in [6.07, 6.45) is 0.476. The highest BCUT2D eigenvalue weighted by Gasteiger charge is 2.21. The number of carbonyl (C=O) groups is 1.